The highest BCUT2D eigenvalue weighted by atomic mass is 16.4. The molecule has 1 fully saturated rings. The number of aryl methyl sites for hydroxylation is 1. The van der Waals surface area contributed by atoms with E-state index in [9.17, 15) is 0 Å². The molecule has 5 heteroatoms. The summed E-state index contributed by atoms with van der Waals surface area (Å²) < 4.78 is 0. The summed E-state index contributed by atoms with van der Waals surface area (Å²) in [5.74, 6) is 1.58. The van der Waals surface area contributed by atoms with E-state index in [0.29, 0.717) is 17.5 Å². The van der Waals surface area contributed by atoms with Crippen molar-refractivity contribution in [2.45, 2.75) is 33.2 Å². The van der Waals surface area contributed by atoms with Crippen molar-refractivity contribution in [2.24, 2.45) is 16.8 Å². The molecule has 1 aliphatic rings. The number of hydrogen-bond donors (Lipinski definition) is 2. The van der Waals surface area contributed by atoms with E-state index in [1.165, 1.54) is 0 Å². The molecule has 0 aromatic carbocycles. The fourth-order valence-corrected chi connectivity index (χ4v) is 2.61. The predicted octanol–water partition coefficient (Wildman–Crippen LogP) is 1.72. The molecule has 0 bridgehead atoms. The highest BCUT2D eigenvalue weighted by Crippen LogP contribution is 2.29. The highest BCUT2D eigenvalue weighted by molar-refractivity contribution is 6.01. The first-order valence-corrected chi connectivity index (χ1v) is 6.25. The highest BCUT2D eigenvalue weighted by Gasteiger charge is 2.29. The fraction of sp³-hybridized carbons (Fsp3) is 0.538. The average Bonchev–Trinajstić information content (AvgIpc) is 2.67. The Morgan fingerprint density at radius 1 is 1.50 bits per heavy atom. The summed E-state index contributed by atoms with van der Waals surface area (Å²) in [5, 5.41) is 12.0. The first kappa shape index (κ1) is 12.7. The Bertz CT molecular complexity index is 472. The molecule has 0 spiro atoms. The van der Waals surface area contributed by atoms with Crippen molar-refractivity contribution in [1.29, 1.82) is 0 Å². The zero-order chi connectivity index (χ0) is 13.3. The van der Waals surface area contributed by atoms with Gasteiger partial charge in [0.15, 0.2) is 5.84 Å². The van der Waals surface area contributed by atoms with Crippen LogP contribution < -0.4 is 10.6 Å². The molecule has 2 unspecified atom stereocenters. The molecule has 5 nitrogen and oxygen atoms in total. The van der Waals surface area contributed by atoms with Gasteiger partial charge in [-0.3, -0.25) is 0 Å². The number of nitrogens with two attached hydrogens (primary N) is 1. The van der Waals surface area contributed by atoms with E-state index >= 15 is 0 Å². The van der Waals surface area contributed by atoms with Crippen molar-refractivity contribution in [1.82, 2.24) is 4.98 Å². The minimum Gasteiger partial charge on any atom is -0.409 e. The molecule has 1 saturated heterocycles. The summed E-state index contributed by atoms with van der Waals surface area (Å²) >= 11 is 0. The van der Waals surface area contributed by atoms with E-state index in [1.54, 1.807) is 0 Å². The van der Waals surface area contributed by atoms with Crippen molar-refractivity contribution < 1.29 is 5.21 Å². The smallest absolute Gasteiger partial charge is 0.173 e. The second-order valence-electron chi connectivity index (χ2n) is 5.15. The van der Waals surface area contributed by atoms with E-state index in [4.69, 9.17) is 10.9 Å². The Labute approximate surface area is 107 Å². The van der Waals surface area contributed by atoms with E-state index in [2.05, 4.69) is 28.9 Å². The molecule has 1 aromatic heterocycles. The molecule has 2 rings (SSSR count). The van der Waals surface area contributed by atoms with Gasteiger partial charge in [-0.05, 0) is 38.3 Å². The number of anilines is 1. The number of aromatic nitrogens is 1. The summed E-state index contributed by atoms with van der Waals surface area (Å²) in [6, 6.07) is 4.17. The van der Waals surface area contributed by atoms with Crippen LogP contribution in [0, 0.1) is 12.8 Å². The molecule has 2 heterocycles. The number of amidine groups is 1. The van der Waals surface area contributed by atoms with Gasteiger partial charge in [-0.25, -0.2) is 4.98 Å². The van der Waals surface area contributed by atoms with Crippen molar-refractivity contribution >= 4 is 11.7 Å². The molecule has 1 aliphatic heterocycles. The maximum atomic E-state index is 8.86. The number of oxime groups is 1. The normalized spacial score (nSPS) is 24.6. The van der Waals surface area contributed by atoms with Crippen LogP contribution in [0.2, 0.25) is 0 Å². The standard InChI is InChI=1S/C13H20N4O/c1-8-6-10(3)17(7-8)13-11(12(14)16-18)5-4-9(2)15-13/h4-5,8,10,18H,6-7H2,1-3H3,(H2,14,16). The maximum Gasteiger partial charge on any atom is 0.173 e. The van der Waals surface area contributed by atoms with Crippen LogP contribution in [0.25, 0.3) is 0 Å². The van der Waals surface area contributed by atoms with Crippen molar-refractivity contribution in [3.8, 4) is 0 Å². The van der Waals surface area contributed by atoms with Gasteiger partial charge in [0, 0.05) is 18.3 Å². The lowest BCUT2D eigenvalue weighted by molar-refractivity contribution is 0.318. The molecule has 18 heavy (non-hydrogen) atoms. The van der Waals surface area contributed by atoms with Crippen molar-refractivity contribution in [3.05, 3.63) is 23.4 Å². The molecule has 0 radical (unpaired) electrons. The predicted molar refractivity (Wildman–Crippen MR) is 72.1 cm³/mol. The third-order valence-corrected chi connectivity index (χ3v) is 3.45. The summed E-state index contributed by atoms with van der Waals surface area (Å²) in [7, 11) is 0. The van der Waals surface area contributed by atoms with Gasteiger partial charge in [0.2, 0.25) is 0 Å². The van der Waals surface area contributed by atoms with Crippen molar-refractivity contribution in [2.75, 3.05) is 11.4 Å². The molecular weight excluding hydrogens is 228 g/mol. The Hall–Kier alpha value is -1.78. The molecule has 1 aromatic rings. The second kappa shape index (κ2) is 4.84. The molecular formula is C13H20N4O. The first-order valence-electron chi connectivity index (χ1n) is 6.25. The number of rotatable bonds is 2. The Kier molecular flexibility index (Phi) is 3.41. The largest absolute Gasteiger partial charge is 0.409 e. The average molecular weight is 248 g/mol. The zero-order valence-electron chi connectivity index (χ0n) is 11.1. The van der Waals surface area contributed by atoms with Crippen LogP contribution in [-0.4, -0.2) is 28.6 Å². The van der Waals surface area contributed by atoms with Gasteiger partial charge in [-0.15, -0.1) is 0 Å². The van der Waals surface area contributed by atoms with E-state index in [0.717, 1.165) is 24.5 Å². The topological polar surface area (TPSA) is 74.7 Å². The monoisotopic (exact) mass is 248 g/mol. The van der Waals surface area contributed by atoms with E-state index < -0.39 is 0 Å². The third-order valence-electron chi connectivity index (χ3n) is 3.45. The first-order chi connectivity index (χ1) is 8.52. The molecule has 0 amide bonds. The number of pyridine rings is 1. The van der Waals surface area contributed by atoms with Crippen LogP contribution in [0.5, 0.6) is 0 Å². The van der Waals surface area contributed by atoms with Gasteiger partial charge >= 0.3 is 0 Å². The molecule has 0 aliphatic carbocycles. The summed E-state index contributed by atoms with van der Waals surface area (Å²) in [6.07, 6.45) is 1.14. The zero-order valence-corrected chi connectivity index (χ0v) is 11.1. The minimum atomic E-state index is 0.115. The van der Waals surface area contributed by atoms with Gasteiger partial charge in [-0.2, -0.15) is 0 Å². The van der Waals surface area contributed by atoms with Crippen LogP contribution in [0.15, 0.2) is 17.3 Å². The van der Waals surface area contributed by atoms with Crippen LogP contribution in [-0.2, 0) is 0 Å². The SMILES string of the molecule is Cc1ccc(/C(N)=N/O)c(N2CC(C)CC2C)n1. The van der Waals surface area contributed by atoms with Crippen LogP contribution in [0.1, 0.15) is 31.5 Å². The van der Waals surface area contributed by atoms with Crippen LogP contribution >= 0.6 is 0 Å². The minimum absolute atomic E-state index is 0.115. The fourth-order valence-electron chi connectivity index (χ4n) is 2.61. The lowest BCUT2D eigenvalue weighted by Gasteiger charge is -2.25. The second-order valence-corrected chi connectivity index (χ2v) is 5.15. The van der Waals surface area contributed by atoms with E-state index in [1.807, 2.05) is 19.1 Å². The van der Waals surface area contributed by atoms with Gasteiger partial charge < -0.3 is 15.8 Å². The lowest BCUT2D eigenvalue weighted by atomic mass is 10.1. The van der Waals surface area contributed by atoms with Gasteiger partial charge in [-0.1, -0.05) is 12.1 Å². The summed E-state index contributed by atoms with van der Waals surface area (Å²) in [5.41, 5.74) is 7.36. The van der Waals surface area contributed by atoms with Gasteiger partial charge in [0.1, 0.15) is 5.82 Å². The summed E-state index contributed by atoms with van der Waals surface area (Å²) in [4.78, 5) is 6.80. The molecule has 98 valence electrons. The van der Waals surface area contributed by atoms with Crippen LogP contribution in [0.4, 0.5) is 5.82 Å². The lowest BCUT2D eigenvalue weighted by Crippen LogP contribution is -2.31. The van der Waals surface area contributed by atoms with Crippen molar-refractivity contribution in [3.63, 3.8) is 0 Å². The Morgan fingerprint density at radius 2 is 2.22 bits per heavy atom. The maximum absolute atomic E-state index is 8.86. The summed E-state index contributed by atoms with van der Waals surface area (Å²) in [6.45, 7) is 7.33. The quantitative estimate of drug-likeness (QED) is 0.362. The third kappa shape index (κ3) is 2.25. The number of hydrogen-bond acceptors (Lipinski definition) is 4. The van der Waals surface area contributed by atoms with Gasteiger partial charge in [0.05, 0.1) is 5.56 Å². The Morgan fingerprint density at radius 3 is 2.78 bits per heavy atom. The molecule has 0 saturated carbocycles. The van der Waals surface area contributed by atoms with Crippen LogP contribution in [0.3, 0.4) is 0 Å². The number of nitrogens with zero attached hydrogens (tertiary/aromatic N) is 3. The molecule has 2 atom stereocenters. The van der Waals surface area contributed by atoms with Gasteiger partial charge in [0.25, 0.3) is 0 Å². The Balaban J connectivity index is 2.45. The van der Waals surface area contributed by atoms with E-state index in [-0.39, 0.29) is 5.84 Å². The molecule has 3 N–H and O–H groups in total.